The Morgan fingerprint density at radius 1 is 1.43 bits per heavy atom. The van der Waals surface area contributed by atoms with E-state index >= 15 is 0 Å². The Morgan fingerprint density at radius 2 is 2.00 bits per heavy atom. The number of aliphatic hydroxyl groups excluding tert-OH is 1. The van der Waals surface area contributed by atoms with Gasteiger partial charge in [0.25, 0.3) is 11.6 Å². The zero-order valence-corrected chi connectivity index (χ0v) is 11.4. The van der Waals surface area contributed by atoms with Gasteiger partial charge in [-0.1, -0.05) is 13.8 Å². The van der Waals surface area contributed by atoms with Crippen LogP contribution >= 0.6 is 0 Å². The predicted molar refractivity (Wildman–Crippen MR) is 68.7 cm³/mol. The van der Waals surface area contributed by atoms with Crippen LogP contribution in [0.1, 0.15) is 30.6 Å². The number of nitrogens with zero attached hydrogens (tertiary/aromatic N) is 1. The summed E-state index contributed by atoms with van der Waals surface area (Å²) in [5, 5.41) is 22.9. The van der Waals surface area contributed by atoms with Gasteiger partial charge in [-0.25, -0.2) is 8.78 Å². The van der Waals surface area contributed by atoms with Crippen molar-refractivity contribution in [3.8, 4) is 0 Å². The molecule has 0 heterocycles. The highest BCUT2D eigenvalue weighted by Gasteiger charge is 2.48. The number of benzene rings is 1. The van der Waals surface area contributed by atoms with Crippen LogP contribution < -0.4 is 5.32 Å². The number of nitrogens with one attached hydrogen (secondary N) is 1. The van der Waals surface area contributed by atoms with Crippen molar-refractivity contribution in [2.45, 2.75) is 32.4 Å². The summed E-state index contributed by atoms with van der Waals surface area (Å²) in [6, 6.07) is 0.489. The van der Waals surface area contributed by atoms with Crippen LogP contribution in [0, 0.1) is 27.2 Å². The minimum atomic E-state index is -1.39. The molecule has 1 amide bonds. The summed E-state index contributed by atoms with van der Waals surface area (Å²) in [6.45, 7) is 3.46. The summed E-state index contributed by atoms with van der Waals surface area (Å²) < 4.78 is 26.3. The molecule has 114 valence electrons. The van der Waals surface area contributed by atoms with Crippen LogP contribution in [0.5, 0.6) is 0 Å². The SMILES string of the molecule is CC1(C)C(O)CC1NC(=O)c1cc(F)c(F)cc1[N+](=O)[O-]. The maximum atomic E-state index is 13.2. The van der Waals surface area contributed by atoms with Crippen LogP contribution in [0.2, 0.25) is 0 Å². The molecule has 1 saturated carbocycles. The minimum absolute atomic E-state index is 0.302. The van der Waals surface area contributed by atoms with Crippen LogP contribution in [-0.4, -0.2) is 28.1 Å². The molecule has 8 heteroatoms. The van der Waals surface area contributed by atoms with Gasteiger partial charge in [0.2, 0.25) is 0 Å². The zero-order valence-electron chi connectivity index (χ0n) is 11.4. The van der Waals surface area contributed by atoms with Crippen molar-refractivity contribution in [2.24, 2.45) is 5.41 Å². The number of carbonyl (C=O) groups excluding carboxylic acids is 1. The Kier molecular flexibility index (Phi) is 3.66. The van der Waals surface area contributed by atoms with E-state index in [0.29, 0.717) is 18.6 Å². The molecular formula is C13H14F2N2O4. The van der Waals surface area contributed by atoms with E-state index in [2.05, 4.69) is 5.32 Å². The zero-order chi connectivity index (χ0) is 15.9. The number of nitro groups is 1. The second-order valence-corrected chi connectivity index (χ2v) is 5.64. The summed E-state index contributed by atoms with van der Waals surface area (Å²) in [4.78, 5) is 21.9. The predicted octanol–water partition coefficient (Wildman–Crippen LogP) is 1.76. The normalized spacial score (nSPS) is 23.3. The second-order valence-electron chi connectivity index (χ2n) is 5.64. The number of hydrogen-bond acceptors (Lipinski definition) is 4. The number of amides is 1. The lowest BCUT2D eigenvalue weighted by molar-refractivity contribution is -0.385. The summed E-state index contributed by atoms with van der Waals surface area (Å²) in [7, 11) is 0. The summed E-state index contributed by atoms with van der Waals surface area (Å²) in [5.41, 5.74) is -1.93. The first-order chi connectivity index (χ1) is 9.64. The van der Waals surface area contributed by atoms with Gasteiger partial charge in [-0.2, -0.15) is 0 Å². The standard InChI is InChI=1S/C13H14F2N2O4/c1-13(2)10(5-11(13)18)16-12(19)6-3-7(14)8(15)4-9(6)17(20)21/h3-4,10-11,18H,5H2,1-2H3,(H,16,19). The van der Waals surface area contributed by atoms with Gasteiger partial charge < -0.3 is 10.4 Å². The summed E-state index contributed by atoms with van der Waals surface area (Å²) >= 11 is 0. The molecule has 0 saturated heterocycles. The third kappa shape index (κ3) is 2.58. The molecule has 2 rings (SSSR count). The third-order valence-electron chi connectivity index (χ3n) is 4.00. The molecule has 2 atom stereocenters. The van der Waals surface area contributed by atoms with E-state index < -0.39 is 51.3 Å². The van der Waals surface area contributed by atoms with Gasteiger partial charge in [0.15, 0.2) is 11.6 Å². The Morgan fingerprint density at radius 3 is 2.48 bits per heavy atom. The molecule has 0 spiro atoms. The number of hydrogen-bond donors (Lipinski definition) is 2. The first kappa shape index (κ1) is 15.3. The van der Waals surface area contributed by atoms with E-state index in [4.69, 9.17) is 0 Å². The van der Waals surface area contributed by atoms with E-state index in [1.165, 1.54) is 0 Å². The molecule has 1 aromatic rings. The Balaban J connectivity index is 2.28. The number of carbonyl (C=O) groups is 1. The van der Waals surface area contributed by atoms with Crippen molar-refractivity contribution in [3.63, 3.8) is 0 Å². The largest absolute Gasteiger partial charge is 0.392 e. The van der Waals surface area contributed by atoms with Crippen LogP contribution in [0.15, 0.2) is 12.1 Å². The van der Waals surface area contributed by atoms with Crippen molar-refractivity contribution in [3.05, 3.63) is 39.4 Å². The van der Waals surface area contributed by atoms with Crippen LogP contribution in [-0.2, 0) is 0 Å². The third-order valence-corrected chi connectivity index (χ3v) is 4.00. The van der Waals surface area contributed by atoms with E-state index in [9.17, 15) is 28.8 Å². The van der Waals surface area contributed by atoms with E-state index in [1.54, 1.807) is 13.8 Å². The van der Waals surface area contributed by atoms with Crippen LogP contribution in [0.4, 0.5) is 14.5 Å². The second kappa shape index (κ2) is 5.03. The molecule has 0 radical (unpaired) electrons. The fraction of sp³-hybridized carbons (Fsp3) is 0.462. The van der Waals surface area contributed by atoms with Gasteiger partial charge in [-0.3, -0.25) is 14.9 Å². The van der Waals surface area contributed by atoms with Crippen molar-refractivity contribution < 1.29 is 23.6 Å². The molecule has 1 aliphatic rings. The molecule has 21 heavy (non-hydrogen) atoms. The molecule has 0 bridgehead atoms. The smallest absolute Gasteiger partial charge is 0.285 e. The fourth-order valence-electron chi connectivity index (χ4n) is 2.25. The highest BCUT2D eigenvalue weighted by atomic mass is 19.2. The Labute approximate surface area is 118 Å². The topological polar surface area (TPSA) is 92.5 Å². The molecule has 1 fully saturated rings. The molecule has 6 nitrogen and oxygen atoms in total. The molecular weight excluding hydrogens is 286 g/mol. The molecule has 2 unspecified atom stereocenters. The maximum Gasteiger partial charge on any atom is 0.285 e. The van der Waals surface area contributed by atoms with E-state index in [0.717, 1.165) is 0 Å². The first-order valence-electron chi connectivity index (χ1n) is 6.27. The number of halogens is 2. The maximum absolute atomic E-state index is 13.2. The van der Waals surface area contributed by atoms with Crippen LogP contribution in [0.3, 0.4) is 0 Å². The van der Waals surface area contributed by atoms with Gasteiger partial charge >= 0.3 is 0 Å². The molecule has 0 aliphatic heterocycles. The van der Waals surface area contributed by atoms with E-state index in [-0.39, 0.29) is 0 Å². The van der Waals surface area contributed by atoms with Gasteiger partial charge in [-0.15, -0.1) is 0 Å². The lowest BCUT2D eigenvalue weighted by Crippen LogP contribution is -2.61. The lowest BCUT2D eigenvalue weighted by atomic mass is 9.64. The number of nitro benzene ring substituents is 1. The fourth-order valence-corrected chi connectivity index (χ4v) is 2.25. The lowest BCUT2D eigenvalue weighted by Gasteiger charge is -2.49. The van der Waals surface area contributed by atoms with Gasteiger partial charge in [0.1, 0.15) is 5.56 Å². The van der Waals surface area contributed by atoms with Gasteiger partial charge in [0.05, 0.1) is 17.1 Å². The summed E-state index contributed by atoms with van der Waals surface area (Å²) in [5.74, 6) is -3.60. The van der Waals surface area contributed by atoms with Crippen molar-refractivity contribution >= 4 is 11.6 Å². The average Bonchev–Trinajstić information content (AvgIpc) is 2.40. The minimum Gasteiger partial charge on any atom is -0.392 e. The van der Waals surface area contributed by atoms with Gasteiger partial charge in [-0.05, 0) is 12.5 Å². The van der Waals surface area contributed by atoms with Gasteiger partial charge in [0, 0.05) is 11.5 Å². The quantitative estimate of drug-likeness (QED) is 0.657. The average molecular weight is 300 g/mol. The Hall–Kier alpha value is -2.09. The summed E-state index contributed by atoms with van der Waals surface area (Å²) in [6.07, 6.45) is -0.293. The number of rotatable bonds is 3. The molecule has 1 aliphatic carbocycles. The van der Waals surface area contributed by atoms with Crippen LogP contribution in [0.25, 0.3) is 0 Å². The highest BCUT2D eigenvalue weighted by Crippen LogP contribution is 2.40. The van der Waals surface area contributed by atoms with Crippen molar-refractivity contribution in [1.29, 1.82) is 0 Å². The molecule has 2 N–H and O–H groups in total. The first-order valence-corrected chi connectivity index (χ1v) is 6.27. The molecule has 1 aromatic carbocycles. The van der Waals surface area contributed by atoms with Crippen molar-refractivity contribution in [1.82, 2.24) is 5.32 Å². The number of aliphatic hydroxyl groups is 1. The molecule has 0 aromatic heterocycles. The monoisotopic (exact) mass is 300 g/mol. The van der Waals surface area contributed by atoms with E-state index in [1.807, 2.05) is 0 Å². The van der Waals surface area contributed by atoms with Crippen molar-refractivity contribution in [2.75, 3.05) is 0 Å². The Bertz CT molecular complexity index is 618. The highest BCUT2D eigenvalue weighted by molar-refractivity contribution is 5.98.